The van der Waals surface area contributed by atoms with Gasteiger partial charge < -0.3 is 10.6 Å². The van der Waals surface area contributed by atoms with E-state index in [0.717, 1.165) is 43.9 Å². The number of nitrogens with one attached hydrogen (secondary N) is 2. The van der Waals surface area contributed by atoms with Gasteiger partial charge in [0.2, 0.25) is 5.91 Å². The van der Waals surface area contributed by atoms with Crippen LogP contribution < -0.4 is 10.6 Å². The molecule has 5 heteroatoms. The minimum absolute atomic E-state index is 0.199. The van der Waals surface area contributed by atoms with Crippen LogP contribution in [0.5, 0.6) is 0 Å². The van der Waals surface area contributed by atoms with E-state index in [9.17, 15) is 4.79 Å². The third-order valence-electron chi connectivity index (χ3n) is 6.28. The molecule has 1 saturated heterocycles. The fourth-order valence-corrected chi connectivity index (χ4v) is 4.61. The van der Waals surface area contributed by atoms with Crippen LogP contribution in [-0.4, -0.2) is 28.8 Å². The highest BCUT2D eigenvalue weighted by Crippen LogP contribution is 2.58. The Bertz CT molecular complexity index is 582. The Hall–Kier alpha value is -1.36. The second-order valence-corrected chi connectivity index (χ2v) is 7.77. The van der Waals surface area contributed by atoms with Crippen LogP contribution in [-0.2, 0) is 11.8 Å². The minimum Gasteiger partial charge on any atom is -0.317 e. The first-order valence-corrected chi connectivity index (χ1v) is 9.23. The van der Waals surface area contributed by atoms with E-state index in [1.165, 1.54) is 32.1 Å². The molecule has 2 saturated carbocycles. The lowest BCUT2D eigenvalue weighted by Crippen LogP contribution is -2.31. The number of carbonyl (C=O) groups excluding carboxylic acids is 1. The van der Waals surface area contributed by atoms with E-state index < -0.39 is 0 Å². The molecular formula is C18H28N4O. The summed E-state index contributed by atoms with van der Waals surface area (Å²) in [5.41, 5.74) is 1.45. The molecule has 1 unspecified atom stereocenters. The van der Waals surface area contributed by atoms with Crippen LogP contribution >= 0.6 is 0 Å². The second kappa shape index (κ2) is 5.93. The Labute approximate surface area is 138 Å². The summed E-state index contributed by atoms with van der Waals surface area (Å²) in [7, 11) is 1.94. The summed E-state index contributed by atoms with van der Waals surface area (Å²) < 4.78 is 1.85. The van der Waals surface area contributed by atoms with Gasteiger partial charge in [-0.3, -0.25) is 9.48 Å². The van der Waals surface area contributed by atoms with Gasteiger partial charge in [-0.15, -0.1) is 0 Å². The Kier molecular flexibility index (Phi) is 3.92. The van der Waals surface area contributed by atoms with Crippen LogP contribution in [0.1, 0.15) is 63.0 Å². The van der Waals surface area contributed by atoms with E-state index in [4.69, 9.17) is 0 Å². The van der Waals surface area contributed by atoms with Crippen molar-refractivity contribution in [3.05, 3.63) is 11.8 Å². The number of hydrogen-bond acceptors (Lipinski definition) is 3. The zero-order valence-electron chi connectivity index (χ0n) is 14.1. The number of aryl methyl sites for hydroxylation is 1. The molecule has 1 spiro atoms. The molecule has 2 heterocycles. The van der Waals surface area contributed by atoms with Gasteiger partial charge in [0.05, 0.1) is 5.69 Å². The maximum atomic E-state index is 12.6. The predicted molar refractivity (Wildman–Crippen MR) is 90.3 cm³/mol. The first-order valence-electron chi connectivity index (χ1n) is 9.23. The molecule has 1 aromatic heterocycles. The minimum atomic E-state index is 0.199. The molecule has 1 atom stereocenters. The molecular weight excluding hydrogens is 288 g/mol. The topological polar surface area (TPSA) is 59.0 Å². The van der Waals surface area contributed by atoms with Crippen molar-refractivity contribution in [1.82, 2.24) is 15.1 Å². The lowest BCUT2D eigenvalue weighted by molar-refractivity contribution is -0.118. The number of piperidine rings is 1. The molecule has 126 valence electrons. The standard InChI is InChI=1S/C18H28N4O/c1-22-16(11-15(21-22)13-5-3-2-4-6-13)20-17(23)14-12-18(14)7-9-19-10-8-18/h11,13-14,19H,2-10,12H2,1H3,(H,20,23). The van der Waals surface area contributed by atoms with Gasteiger partial charge in [-0.2, -0.15) is 5.10 Å². The van der Waals surface area contributed by atoms with Crippen molar-refractivity contribution >= 4 is 11.7 Å². The summed E-state index contributed by atoms with van der Waals surface area (Å²) in [6, 6.07) is 2.10. The van der Waals surface area contributed by atoms with Crippen molar-refractivity contribution in [3.63, 3.8) is 0 Å². The Morgan fingerprint density at radius 3 is 2.78 bits per heavy atom. The van der Waals surface area contributed by atoms with Gasteiger partial charge in [-0.25, -0.2) is 0 Å². The average Bonchev–Trinajstić information content (AvgIpc) is 3.14. The predicted octanol–water partition coefficient (Wildman–Crippen LogP) is 2.80. The van der Waals surface area contributed by atoms with Crippen LogP contribution in [0.15, 0.2) is 6.07 Å². The lowest BCUT2D eigenvalue weighted by Gasteiger charge is -2.23. The third-order valence-corrected chi connectivity index (χ3v) is 6.28. The first kappa shape index (κ1) is 15.2. The zero-order valence-corrected chi connectivity index (χ0v) is 14.1. The molecule has 5 nitrogen and oxygen atoms in total. The fraction of sp³-hybridized carbons (Fsp3) is 0.778. The molecule has 0 radical (unpaired) electrons. The van der Waals surface area contributed by atoms with Gasteiger partial charge in [0.1, 0.15) is 5.82 Å². The Morgan fingerprint density at radius 2 is 2.04 bits per heavy atom. The molecule has 23 heavy (non-hydrogen) atoms. The van der Waals surface area contributed by atoms with E-state index in [2.05, 4.69) is 21.8 Å². The fourth-order valence-electron chi connectivity index (χ4n) is 4.61. The summed E-state index contributed by atoms with van der Waals surface area (Å²) in [4.78, 5) is 12.6. The number of aromatic nitrogens is 2. The number of nitrogens with zero attached hydrogens (tertiary/aromatic N) is 2. The highest BCUT2D eigenvalue weighted by Gasteiger charge is 2.57. The van der Waals surface area contributed by atoms with Crippen molar-refractivity contribution in [2.45, 2.75) is 57.3 Å². The van der Waals surface area contributed by atoms with E-state index >= 15 is 0 Å². The summed E-state index contributed by atoms with van der Waals surface area (Å²) in [5, 5.41) is 11.2. The highest BCUT2D eigenvalue weighted by molar-refractivity contribution is 5.94. The maximum Gasteiger partial charge on any atom is 0.229 e. The van der Waals surface area contributed by atoms with Crippen molar-refractivity contribution < 1.29 is 4.79 Å². The summed E-state index contributed by atoms with van der Waals surface area (Å²) >= 11 is 0. The molecule has 2 aliphatic carbocycles. The average molecular weight is 316 g/mol. The smallest absolute Gasteiger partial charge is 0.229 e. The zero-order chi connectivity index (χ0) is 15.9. The van der Waals surface area contributed by atoms with E-state index in [-0.39, 0.29) is 11.8 Å². The molecule has 2 N–H and O–H groups in total. The third kappa shape index (κ3) is 2.91. The van der Waals surface area contributed by atoms with Crippen molar-refractivity contribution in [2.24, 2.45) is 18.4 Å². The van der Waals surface area contributed by atoms with Gasteiger partial charge in [-0.05, 0) is 50.6 Å². The monoisotopic (exact) mass is 316 g/mol. The highest BCUT2D eigenvalue weighted by atomic mass is 16.2. The number of carbonyl (C=O) groups is 1. The lowest BCUT2D eigenvalue weighted by atomic mass is 9.87. The molecule has 1 aromatic rings. The van der Waals surface area contributed by atoms with Gasteiger partial charge in [-0.1, -0.05) is 19.3 Å². The summed E-state index contributed by atoms with van der Waals surface area (Å²) in [6.45, 7) is 2.11. The molecule has 1 aliphatic heterocycles. The van der Waals surface area contributed by atoms with Gasteiger partial charge in [0.25, 0.3) is 0 Å². The quantitative estimate of drug-likeness (QED) is 0.901. The van der Waals surface area contributed by atoms with Gasteiger partial charge in [0, 0.05) is 24.9 Å². The molecule has 4 rings (SSSR count). The molecule has 0 bridgehead atoms. The SMILES string of the molecule is Cn1nc(C2CCCCC2)cc1NC(=O)C1CC12CCNCC2. The Balaban J connectivity index is 1.41. The molecule has 3 fully saturated rings. The van der Waals surface area contributed by atoms with Crippen molar-refractivity contribution in [1.29, 1.82) is 0 Å². The van der Waals surface area contributed by atoms with E-state index in [0.29, 0.717) is 11.3 Å². The second-order valence-electron chi connectivity index (χ2n) is 7.77. The Morgan fingerprint density at radius 1 is 1.30 bits per heavy atom. The van der Waals surface area contributed by atoms with Crippen LogP contribution in [0.3, 0.4) is 0 Å². The maximum absolute atomic E-state index is 12.6. The molecule has 3 aliphatic rings. The normalized spacial score (nSPS) is 27.1. The number of hydrogen-bond donors (Lipinski definition) is 2. The van der Waals surface area contributed by atoms with Gasteiger partial charge in [0.15, 0.2) is 0 Å². The largest absolute Gasteiger partial charge is 0.317 e. The van der Waals surface area contributed by atoms with Crippen LogP contribution in [0.25, 0.3) is 0 Å². The number of amides is 1. The molecule has 1 amide bonds. The van der Waals surface area contributed by atoms with Crippen LogP contribution in [0, 0.1) is 11.3 Å². The van der Waals surface area contributed by atoms with Crippen molar-refractivity contribution in [3.8, 4) is 0 Å². The van der Waals surface area contributed by atoms with E-state index in [1.807, 2.05) is 11.7 Å². The summed E-state index contributed by atoms with van der Waals surface area (Å²) in [5.74, 6) is 1.85. The van der Waals surface area contributed by atoms with Crippen molar-refractivity contribution in [2.75, 3.05) is 18.4 Å². The molecule has 0 aromatic carbocycles. The number of rotatable bonds is 3. The first-order chi connectivity index (χ1) is 11.2. The summed E-state index contributed by atoms with van der Waals surface area (Å²) in [6.07, 6.45) is 9.79. The van der Waals surface area contributed by atoms with Crippen LogP contribution in [0.2, 0.25) is 0 Å². The van der Waals surface area contributed by atoms with Crippen LogP contribution in [0.4, 0.5) is 5.82 Å². The van der Waals surface area contributed by atoms with Gasteiger partial charge >= 0.3 is 0 Å². The number of anilines is 1. The van der Waals surface area contributed by atoms with E-state index in [1.54, 1.807) is 0 Å².